The molecule has 0 radical (unpaired) electrons. The number of halogens is 2. The standard InChI is InChI=1S/C22H29F2N3O2S/c1-6-16-10-17(23)11-18(14(2)3)19(16)12-22(28)26-30(25,29)21-8-7-15(9-20(21)24)13-27(4)5/h7-11,14H,6,12-13H2,1-5H3,(H2,25,26,28,29). The predicted molar refractivity (Wildman–Crippen MR) is 115 cm³/mol. The molecule has 0 aromatic heterocycles. The molecule has 0 fully saturated rings. The van der Waals surface area contributed by atoms with E-state index in [9.17, 15) is 17.8 Å². The van der Waals surface area contributed by atoms with Crippen molar-refractivity contribution in [2.24, 2.45) is 9.50 Å². The second-order valence-electron chi connectivity index (χ2n) is 7.87. The summed E-state index contributed by atoms with van der Waals surface area (Å²) in [6, 6.07) is 6.94. The fourth-order valence-electron chi connectivity index (χ4n) is 3.39. The summed E-state index contributed by atoms with van der Waals surface area (Å²) in [7, 11) is -0.0644. The number of carbonyl (C=O) groups excluding carboxylic acids is 1. The third kappa shape index (κ3) is 5.93. The lowest BCUT2D eigenvalue weighted by Gasteiger charge is -2.16. The number of rotatable bonds is 7. The van der Waals surface area contributed by atoms with E-state index < -0.39 is 21.6 Å². The van der Waals surface area contributed by atoms with E-state index in [1.807, 2.05) is 39.8 Å². The Morgan fingerprint density at radius 1 is 1.20 bits per heavy atom. The summed E-state index contributed by atoms with van der Waals surface area (Å²) in [6.07, 6.45) is 0.353. The van der Waals surface area contributed by atoms with Crippen molar-refractivity contribution in [3.8, 4) is 0 Å². The maximum atomic E-state index is 14.5. The van der Waals surface area contributed by atoms with E-state index >= 15 is 0 Å². The van der Waals surface area contributed by atoms with Crippen LogP contribution in [0, 0.1) is 11.6 Å². The molecule has 1 unspecified atom stereocenters. The minimum Gasteiger partial charge on any atom is -0.305 e. The van der Waals surface area contributed by atoms with Crippen LogP contribution >= 0.6 is 0 Å². The van der Waals surface area contributed by atoms with Crippen molar-refractivity contribution in [2.75, 3.05) is 14.1 Å². The summed E-state index contributed by atoms with van der Waals surface area (Å²) in [5, 5.41) is 5.77. The molecule has 1 amide bonds. The van der Waals surface area contributed by atoms with Gasteiger partial charge in [-0.3, -0.25) is 4.79 Å². The topological polar surface area (TPSA) is 75.8 Å². The highest BCUT2D eigenvalue weighted by atomic mass is 32.2. The summed E-state index contributed by atoms with van der Waals surface area (Å²) >= 11 is 0. The van der Waals surface area contributed by atoms with Gasteiger partial charge >= 0.3 is 0 Å². The zero-order valence-electron chi connectivity index (χ0n) is 18.0. The van der Waals surface area contributed by atoms with Crippen LogP contribution in [0.4, 0.5) is 8.78 Å². The lowest BCUT2D eigenvalue weighted by molar-refractivity contribution is -0.117. The first-order valence-corrected chi connectivity index (χ1v) is 11.3. The Kier molecular flexibility index (Phi) is 7.85. The van der Waals surface area contributed by atoms with Gasteiger partial charge in [-0.05, 0) is 73.0 Å². The summed E-state index contributed by atoms with van der Waals surface area (Å²) < 4.78 is 44.9. The smallest absolute Gasteiger partial charge is 0.259 e. The van der Waals surface area contributed by atoms with Crippen molar-refractivity contribution in [1.29, 1.82) is 0 Å². The Morgan fingerprint density at radius 2 is 1.87 bits per heavy atom. The summed E-state index contributed by atoms with van der Waals surface area (Å²) in [5.41, 5.74) is 2.71. The molecule has 2 rings (SSSR count). The monoisotopic (exact) mass is 437 g/mol. The molecule has 0 bridgehead atoms. The van der Waals surface area contributed by atoms with Crippen LogP contribution in [0.5, 0.6) is 0 Å². The SMILES string of the molecule is CCc1cc(F)cc(C(C)C)c1CC(=O)N=S(N)(=O)c1ccc(CN(C)C)cc1F. The number of benzene rings is 2. The quantitative estimate of drug-likeness (QED) is 0.706. The van der Waals surface area contributed by atoms with E-state index in [-0.39, 0.29) is 23.1 Å². The Hall–Kier alpha value is -2.16. The van der Waals surface area contributed by atoms with Crippen molar-refractivity contribution in [1.82, 2.24) is 4.90 Å². The van der Waals surface area contributed by atoms with E-state index in [0.29, 0.717) is 35.2 Å². The molecule has 2 N–H and O–H groups in total. The van der Waals surface area contributed by atoms with E-state index in [2.05, 4.69) is 4.36 Å². The van der Waals surface area contributed by atoms with E-state index in [0.717, 1.165) is 0 Å². The number of carbonyl (C=O) groups is 1. The van der Waals surface area contributed by atoms with Crippen molar-refractivity contribution < 1.29 is 17.8 Å². The van der Waals surface area contributed by atoms with Gasteiger partial charge in [0, 0.05) is 6.54 Å². The molecule has 5 nitrogen and oxygen atoms in total. The molecule has 0 heterocycles. The zero-order valence-corrected chi connectivity index (χ0v) is 18.9. The lowest BCUT2D eigenvalue weighted by atomic mass is 9.90. The number of nitrogens with zero attached hydrogens (tertiary/aromatic N) is 2. The first-order chi connectivity index (χ1) is 13.9. The number of amides is 1. The van der Waals surface area contributed by atoms with Crippen LogP contribution in [0.25, 0.3) is 0 Å². The van der Waals surface area contributed by atoms with Crippen LogP contribution in [0.1, 0.15) is 48.9 Å². The van der Waals surface area contributed by atoms with Crippen LogP contribution in [0.2, 0.25) is 0 Å². The van der Waals surface area contributed by atoms with Crippen LogP contribution in [0.3, 0.4) is 0 Å². The van der Waals surface area contributed by atoms with E-state index in [4.69, 9.17) is 5.14 Å². The van der Waals surface area contributed by atoms with Gasteiger partial charge in [0.2, 0.25) is 0 Å². The van der Waals surface area contributed by atoms with Gasteiger partial charge in [-0.1, -0.05) is 26.8 Å². The Morgan fingerprint density at radius 3 is 2.40 bits per heavy atom. The van der Waals surface area contributed by atoms with Gasteiger partial charge in [-0.25, -0.2) is 18.1 Å². The highest BCUT2D eigenvalue weighted by molar-refractivity contribution is 7.91. The van der Waals surface area contributed by atoms with Crippen molar-refractivity contribution in [3.05, 3.63) is 64.2 Å². The molecule has 2 aromatic carbocycles. The molecule has 1 atom stereocenters. The molecule has 0 saturated carbocycles. The molecule has 30 heavy (non-hydrogen) atoms. The fraction of sp³-hybridized carbons (Fsp3) is 0.409. The van der Waals surface area contributed by atoms with Crippen molar-refractivity contribution in [3.63, 3.8) is 0 Å². The Labute approximate surface area is 177 Å². The first-order valence-electron chi connectivity index (χ1n) is 9.76. The molecular formula is C22H29F2N3O2S. The second kappa shape index (κ2) is 9.76. The summed E-state index contributed by atoms with van der Waals surface area (Å²) in [6.45, 7) is 6.16. The molecule has 0 spiro atoms. The zero-order chi connectivity index (χ0) is 22.6. The van der Waals surface area contributed by atoms with Gasteiger partial charge in [-0.15, -0.1) is 4.36 Å². The average molecular weight is 438 g/mol. The minimum atomic E-state index is -3.75. The average Bonchev–Trinajstić information content (AvgIpc) is 2.61. The molecule has 164 valence electrons. The van der Waals surface area contributed by atoms with Crippen LogP contribution in [0.15, 0.2) is 39.6 Å². The maximum absolute atomic E-state index is 14.5. The maximum Gasteiger partial charge on any atom is 0.259 e. The van der Waals surface area contributed by atoms with Crippen LogP contribution in [-0.2, 0) is 34.1 Å². The molecule has 2 aromatic rings. The number of hydrogen-bond donors (Lipinski definition) is 1. The Bertz CT molecular complexity index is 1060. The van der Waals surface area contributed by atoms with E-state index in [1.165, 1.54) is 24.3 Å². The van der Waals surface area contributed by atoms with Gasteiger partial charge in [0.15, 0.2) is 0 Å². The minimum absolute atomic E-state index is 0.0160. The van der Waals surface area contributed by atoms with Crippen LogP contribution in [-0.4, -0.2) is 29.1 Å². The van der Waals surface area contributed by atoms with Gasteiger partial charge in [0.1, 0.15) is 21.5 Å². The molecule has 0 aliphatic heterocycles. The molecule has 8 heteroatoms. The fourth-order valence-corrected chi connectivity index (χ4v) is 4.46. The van der Waals surface area contributed by atoms with Gasteiger partial charge in [0.25, 0.3) is 5.91 Å². The predicted octanol–water partition coefficient (Wildman–Crippen LogP) is 4.18. The van der Waals surface area contributed by atoms with Crippen molar-refractivity contribution >= 4 is 15.8 Å². The highest BCUT2D eigenvalue weighted by Gasteiger charge is 2.19. The molecule has 0 saturated heterocycles. The number of nitrogens with two attached hydrogens (primary N) is 1. The van der Waals surface area contributed by atoms with E-state index in [1.54, 1.807) is 6.07 Å². The summed E-state index contributed by atoms with van der Waals surface area (Å²) in [5.74, 6) is -1.89. The largest absolute Gasteiger partial charge is 0.305 e. The number of hydrogen-bond acceptors (Lipinski definition) is 3. The molecule has 0 aliphatic rings. The second-order valence-corrected chi connectivity index (χ2v) is 9.63. The normalized spacial score (nSPS) is 13.5. The van der Waals surface area contributed by atoms with Crippen molar-refractivity contribution in [2.45, 2.75) is 51.0 Å². The summed E-state index contributed by atoms with van der Waals surface area (Å²) in [4.78, 5) is 14.2. The molecular weight excluding hydrogens is 408 g/mol. The lowest BCUT2D eigenvalue weighted by Crippen LogP contribution is -2.18. The Balaban J connectivity index is 2.40. The van der Waals surface area contributed by atoms with Gasteiger partial charge < -0.3 is 4.90 Å². The molecule has 0 aliphatic carbocycles. The highest BCUT2D eigenvalue weighted by Crippen LogP contribution is 2.26. The van der Waals surface area contributed by atoms with Crippen LogP contribution < -0.4 is 5.14 Å². The van der Waals surface area contributed by atoms with Gasteiger partial charge in [0.05, 0.1) is 11.3 Å². The third-order valence-corrected chi connectivity index (χ3v) is 6.16. The van der Waals surface area contributed by atoms with Gasteiger partial charge in [-0.2, -0.15) is 0 Å². The third-order valence-electron chi connectivity index (χ3n) is 4.72. The first kappa shape index (κ1) is 24.1. The number of aryl methyl sites for hydroxylation is 1.